The standard InChI is InChI=1S/C12H13BrClNO4S/c13-11-9(20(14,17)18)5-8(19-11)12(16)15-10(6-1-2-6)7-3-4-7/h5-7,10H,1-4H2,(H,15,16). The first-order valence-corrected chi connectivity index (χ1v) is 9.51. The van der Waals surface area contributed by atoms with E-state index in [2.05, 4.69) is 21.2 Å². The number of furan rings is 1. The summed E-state index contributed by atoms with van der Waals surface area (Å²) >= 11 is 2.96. The van der Waals surface area contributed by atoms with E-state index in [-0.39, 0.29) is 27.3 Å². The van der Waals surface area contributed by atoms with Crippen molar-refractivity contribution in [2.45, 2.75) is 36.6 Å². The van der Waals surface area contributed by atoms with Crippen LogP contribution in [0.3, 0.4) is 0 Å². The second kappa shape index (κ2) is 5.03. The molecule has 110 valence electrons. The smallest absolute Gasteiger partial charge is 0.287 e. The van der Waals surface area contributed by atoms with E-state index < -0.39 is 9.05 Å². The Morgan fingerprint density at radius 2 is 1.90 bits per heavy atom. The van der Waals surface area contributed by atoms with Crippen LogP contribution in [0.2, 0.25) is 0 Å². The molecule has 8 heteroatoms. The molecule has 2 saturated carbocycles. The summed E-state index contributed by atoms with van der Waals surface area (Å²) < 4.78 is 27.7. The quantitative estimate of drug-likeness (QED) is 0.794. The second-order valence-electron chi connectivity index (χ2n) is 5.36. The second-order valence-corrected chi connectivity index (χ2v) is 8.62. The van der Waals surface area contributed by atoms with Crippen molar-refractivity contribution in [2.75, 3.05) is 0 Å². The summed E-state index contributed by atoms with van der Waals surface area (Å²) in [6.45, 7) is 0. The Bertz CT molecular complexity index is 636. The van der Waals surface area contributed by atoms with Crippen LogP contribution in [0.5, 0.6) is 0 Å². The Morgan fingerprint density at radius 3 is 2.30 bits per heavy atom. The van der Waals surface area contributed by atoms with Crippen molar-refractivity contribution in [1.29, 1.82) is 0 Å². The highest BCUT2D eigenvalue weighted by molar-refractivity contribution is 9.10. The number of halogens is 2. The van der Waals surface area contributed by atoms with Crippen molar-refractivity contribution in [1.82, 2.24) is 5.32 Å². The molecule has 0 saturated heterocycles. The van der Waals surface area contributed by atoms with Gasteiger partial charge in [0.15, 0.2) is 10.4 Å². The maximum absolute atomic E-state index is 12.1. The monoisotopic (exact) mass is 381 g/mol. The maximum atomic E-state index is 12.1. The number of amides is 1. The van der Waals surface area contributed by atoms with Crippen LogP contribution in [-0.4, -0.2) is 20.4 Å². The van der Waals surface area contributed by atoms with Crippen LogP contribution < -0.4 is 5.32 Å². The number of hydrogen-bond acceptors (Lipinski definition) is 4. The number of carbonyl (C=O) groups is 1. The molecule has 3 rings (SSSR count). The van der Waals surface area contributed by atoms with Crippen LogP contribution in [0.15, 0.2) is 20.0 Å². The van der Waals surface area contributed by atoms with Gasteiger partial charge in [-0.2, -0.15) is 0 Å². The summed E-state index contributed by atoms with van der Waals surface area (Å²) in [5.74, 6) is 0.686. The van der Waals surface area contributed by atoms with E-state index in [9.17, 15) is 13.2 Å². The minimum Gasteiger partial charge on any atom is -0.443 e. The molecule has 2 aliphatic carbocycles. The minimum absolute atomic E-state index is 0.0394. The molecule has 2 fully saturated rings. The molecule has 0 unspecified atom stereocenters. The minimum atomic E-state index is -3.93. The first kappa shape index (κ1) is 14.4. The molecule has 0 spiro atoms. The highest BCUT2D eigenvalue weighted by Gasteiger charge is 2.42. The largest absolute Gasteiger partial charge is 0.443 e. The van der Waals surface area contributed by atoms with Gasteiger partial charge in [-0.05, 0) is 53.4 Å². The summed E-state index contributed by atoms with van der Waals surface area (Å²) in [5.41, 5.74) is 0. The normalized spacial score (nSPS) is 19.4. The van der Waals surface area contributed by atoms with E-state index in [0.29, 0.717) is 11.8 Å². The maximum Gasteiger partial charge on any atom is 0.287 e. The van der Waals surface area contributed by atoms with Crippen LogP contribution in [0.4, 0.5) is 0 Å². The summed E-state index contributed by atoms with van der Waals surface area (Å²) in [4.78, 5) is 11.9. The van der Waals surface area contributed by atoms with Gasteiger partial charge in [0, 0.05) is 22.8 Å². The number of hydrogen-bond donors (Lipinski definition) is 1. The molecule has 5 nitrogen and oxygen atoms in total. The van der Waals surface area contributed by atoms with E-state index in [4.69, 9.17) is 15.1 Å². The van der Waals surface area contributed by atoms with E-state index in [1.165, 1.54) is 0 Å². The molecule has 1 aromatic heterocycles. The van der Waals surface area contributed by atoms with Crippen molar-refractivity contribution in [2.24, 2.45) is 11.8 Å². The molecule has 1 aromatic rings. The predicted molar refractivity (Wildman–Crippen MR) is 76.1 cm³/mol. The highest BCUT2D eigenvalue weighted by Crippen LogP contribution is 2.44. The number of rotatable bonds is 5. The fourth-order valence-corrected chi connectivity index (χ4v) is 4.42. The predicted octanol–water partition coefficient (Wildman–Crippen LogP) is 2.89. The van der Waals surface area contributed by atoms with E-state index in [0.717, 1.165) is 31.7 Å². The molecule has 0 aromatic carbocycles. The van der Waals surface area contributed by atoms with Crippen molar-refractivity contribution in [3.63, 3.8) is 0 Å². The third-order valence-electron chi connectivity index (χ3n) is 3.70. The summed E-state index contributed by atoms with van der Waals surface area (Å²) in [6, 6.07) is 1.33. The van der Waals surface area contributed by atoms with Crippen LogP contribution in [-0.2, 0) is 9.05 Å². The number of nitrogens with one attached hydrogen (secondary N) is 1. The van der Waals surface area contributed by atoms with Crippen molar-refractivity contribution in [3.05, 3.63) is 16.5 Å². The van der Waals surface area contributed by atoms with Crippen molar-refractivity contribution < 1.29 is 17.6 Å². The van der Waals surface area contributed by atoms with Gasteiger partial charge in [-0.3, -0.25) is 4.79 Å². The fraction of sp³-hybridized carbons (Fsp3) is 0.583. The lowest BCUT2D eigenvalue weighted by molar-refractivity contribution is 0.0897. The molecule has 1 heterocycles. The lowest BCUT2D eigenvalue weighted by Gasteiger charge is -2.16. The molecule has 20 heavy (non-hydrogen) atoms. The van der Waals surface area contributed by atoms with Gasteiger partial charge in [-0.1, -0.05) is 0 Å². The average Bonchev–Trinajstić information content (AvgIpc) is 3.22. The molecular weight excluding hydrogens is 370 g/mol. The zero-order chi connectivity index (χ0) is 14.5. The average molecular weight is 383 g/mol. The van der Waals surface area contributed by atoms with Crippen LogP contribution in [0.25, 0.3) is 0 Å². The zero-order valence-electron chi connectivity index (χ0n) is 10.4. The van der Waals surface area contributed by atoms with Gasteiger partial charge in [0.05, 0.1) is 0 Å². The Labute approximate surface area is 129 Å². The van der Waals surface area contributed by atoms with E-state index in [1.54, 1.807) is 0 Å². The Hall–Kier alpha value is -0.530. The fourth-order valence-electron chi connectivity index (χ4n) is 2.38. The van der Waals surface area contributed by atoms with Gasteiger partial charge in [-0.25, -0.2) is 8.42 Å². The lowest BCUT2D eigenvalue weighted by Crippen LogP contribution is -2.37. The van der Waals surface area contributed by atoms with Crippen LogP contribution >= 0.6 is 26.6 Å². The first-order valence-electron chi connectivity index (χ1n) is 6.41. The van der Waals surface area contributed by atoms with Crippen molar-refractivity contribution >= 4 is 41.6 Å². The molecular formula is C12H13BrClNO4S. The third kappa shape index (κ3) is 3.04. The van der Waals surface area contributed by atoms with Crippen LogP contribution in [0, 0.1) is 11.8 Å². The Balaban J connectivity index is 1.77. The topological polar surface area (TPSA) is 76.4 Å². The number of carbonyl (C=O) groups excluding carboxylic acids is 1. The molecule has 0 atom stereocenters. The molecule has 0 aliphatic heterocycles. The SMILES string of the molecule is O=C(NC(C1CC1)C1CC1)c1cc(S(=O)(=O)Cl)c(Br)o1. The Kier molecular flexibility index (Phi) is 3.63. The van der Waals surface area contributed by atoms with Crippen molar-refractivity contribution in [3.8, 4) is 0 Å². The third-order valence-corrected chi connectivity index (χ3v) is 5.88. The van der Waals surface area contributed by atoms with Crippen LogP contribution in [0.1, 0.15) is 36.2 Å². The van der Waals surface area contributed by atoms with E-state index >= 15 is 0 Å². The zero-order valence-corrected chi connectivity index (χ0v) is 13.6. The first-order chi connectivity index (χ1) is 9.36. The van der Waals surface area contributed by atoms with Gasteiger partial charge in [0.1, 0.15) is 4.90 Å². The highest BCUT2D eigenvalue weighted by atomic mass is 79.9. The lowest BCUT2D eigenvalue weighted by atomic mass is 10.1. The van der Waals surface area contributed by atoms with Gasteiger partial charge >= 0.3 is 0 Å². The Morgan fingerprint density at radius 1 is 1.35 bits per heavy atom. The summed E-state index contributed by atoms with van der Waals surface area (Å²) in [6.07, 6.45) is 4.57. The molecule has 1 N–H and O–H groups in total. The molecule has 0 bridgehead atoms. The molecule has 0 radical (unpaired) electrons. The van der Waals surface area contributed by atoms with Gasteiger partial charge in [0.25, 0.3) is 15.0 Å². The van der Waals surface area contributed by atoms with Gasteiger partial charge < -0.3 is 9.73 Å². The van der Waals surface area contributed by atoms with Gasteiger partial charge in [0.2, 0.25) is 0 Å². The van der Waals surface area contributed by atoms with E-state index in [1.807, 2.05) is 0 Å². The summed E-state index contributed by atoms with van der Waals surface area (Å²) in [5, 5.41) is 2.96. The van der Waals surface area contributed by atoms with Gasteiger partial charge in [-0.15, -0.1) is 0 Å². The molecule has 2 aliphatic rings. The summed E-state index contributed by atoms with van der Waals surface area (Å²) in [7, 11) is 1.33. The molecule has 1 amide bonds.